The minimum Gasteiger partial charge on any atom is -0.487 e. The maximum Gasteiger partial charge on any atom is 0.340 e. The van der Waals surface area contributed by atoms with Crippen molar-refractivity contribution in [2.45, 2.75) is 19.6 Å². The van der Waals surface area contributed by atoms with Crippen molar-refractivity contribution in [1.82, 2.24) is 9.55 Å². The third-order valence-corrected chi connectivity index (χ3v) is 5.83. The Balaban J connectivity index is 1.14. The van der Waals surface area contributed by atoms with Gasteiger partial charge in [0, 0.05) is 18.6 Å². The van der Waals surface area contributed by atoms with E-state index in [4.69, 9.17) is 14.2 Å². The molecule has 7 heteroatoms. The molecule has 1 fully saturated rings. The summed E-state index contributed by atoms with van der Waals surface area (Å²) >= 11 is 0. The standard InChI is InChI=1S/C28H27N3O4/c1-2-33-28(32)26-7-3-4-8-27(26)30-15-13-22(17-30)31-18-25(19-31)35-23-11-9-21(10-12-23)20-34-24-6-5-14-29-16-24/h3-17,25H,2,18-20H2,1H3. The topological polar surface area (TPSA) is 65.8 Å². The van der Waals surface area contributed by atoms with Crippen molar-refractivity contribution in [2.75, 3.05) is 24.6 Å². The first-order valence-electron chi connectivity index (χ1n) is 11.7. The molecule has 0 N–H and O–H groups in total. The van der Waals surface area contributed by atoms with Crippen LogP contribution in [0.5, 0.6) is 11.5 Å². The number of hydrogen-bond donors (Lipinski definition) is 0. The Labute approximate surface area is 204 Å². The van der Waals surface area contributed by atoms with Crippen molar-refractivity contribution in [3.05, 3.63) is 103 Å². The number of anilines is 1. The van der Waals surface area contributed by atoms with Crippen LogP contribution in [0.1, 0.15) is 22.8 Å². The fraction of sp³-hybridized carbons (Fsp3) is 0.214. The van der Waals surface area contributed by atoms with E-state index in [1.165, 1.54) is 0 Å². The maximum atomic E-state index is 12.3. The van der Waals surface area contributed by atoms with Crippen molar-refractivity contribution < 1.29 is 19.0 Å². The van der Waals surface area contributed by atoms with Gasteiger partial charge in [-0.3, -0.25) is 4.98 Å². The van der Waals surface area contributed by atoms with E-state index in [9.17, 15) is 4.79 Å². The number of carbonyl (C=O) groups is 1. The highest BCUT2D eigenvalue weighted by atomic mass is 16.5. The SMILES string of the molecule is CCOC(=O)c1ccccc1-n1ccc(N2CC(Oc3ccc(COc4cccnc4)cc3)C2)c1. The summed E-state index contributed by atoms with van der Waals surface area (Å²) in [6.45, 7) is 4.24. The quantitative estimate of drug-likeness (QED) is 0.325. The molecule has 0 saturated carbocycles. The normalized spacial score (nSPS) is 13.2. The Morgan fingerprint density at radius 3 is 2.60 bits per heavy atom. The lowest BCUT2D eigenvalue weighted by Crippen LogP contribution is -2.53. The van der Waals surface area contributed by atoms with E-state index in [1.54, 1.807) is 18.5 Å². The highest BCUT2D eigenvalue weighted by molar-refractivity contribution is 5.93. The Morgan fingerprint density at radius 1 is 1.00 bits per heavy atom. The Hall–Kier alpha value is -4.26. The molecule has 1 aliphatic rings. The first kappa shape index (κ1) is 22.5. The number of esters is 1. The molecular weight excluding hydrogens is 442 g/mol. The summed E-state index contributed by atoms with van der Waals surface area (Å²) in [4.78, 5) is 18.6. The molecule has 7 nitrogen and oxygen atoms in total. The maximum absolute atomic E-state index is 12.3. The summed E-state index contributed by atoms with van der Waals surface area (Å²) in [6.07, 6.45) is 7.55. The number of ether oxygens (including phenoxy) is 3. The second-order valence-corrected chi connectivity index (χ2v) is 8.28. The molecule has 0 radical (unpaired) electrons. The zero-order chi connectivity index (χ0) is 24.0. The van der Waals surface area contributed by atoms with Crippen LogP contribution in [0, 0.1) is 0 Å². The second kappa shape index (κ2) is 10.3. The van der Waals surface area contributed by atoms with Gasteiger partial charge in [0.05, 0.1) is 42.8 Å². The molecule has 35 heavy (non-hydrogen) atoms. The molecule has 1 aliphatic heterocycles. The van der Waals surface area contributed by atoms with Crippen molar-refractivity contribution in [2.24, 2.45) is 0 Å². The molecule has 3 heterocycles. The molecule has 0 aliphatic carbocycles. The number of pyridine rings is 1. The van der Waals surface area contributed by atoms with Crippen LogP contribution in [0.15, 0.2) is 91.5 Å². The van der Waals surface area contributed by atoms with Gasteiger partial charge >= 0.3 is 5.97 Å². The van der Waals surface area contributed by atoms with Crippen LogP contribution in [0.2, 0.25) is 0 Å². The largest absolute Gasteiger partial charge is 0.487 e. The summed E-state index contributed by atoms with van der Waals surface area (Å²) < 4.78 is 19.0. The van der Waals surface area contributed by atoms with Gasteiger partial charge in [0.1, 0.15) is 24.2 Å². The molecule has 2 aromatic carbocycles. The van der Waals surface area contributed by atoms with E-state index in [2.05, 4.69) is 16.0 Å². The molecule has 0 unspecified atom stereocenters. The van der Waals surface area contributed by atoms with Gasteiger partial charge in [-0.2, -0.15) is 0 Å². The van der Waals surface area contributed by atoms with Crippen LogP contribution in [0.25, 0.3) is 5.69 Å². The van der Waals surface area contributed by atoms with E-state index in [0.29, 0.717) is 18.8 Å². The fourth-order valence-corrected chi connectivity index (χ4v) is 3.98. The smallest absolute Gasteiger partial charge is 0.340 e. The van der Waals surface area contributed by atoms with Crippen molar-refractivity contribution in [3.63, 3.8) is 0 Å². The third kappa shape index (κ3) is 5.30. The summed E-state index contributed by atoms with van der Waals surface area (Å²) in [5.41, 5.74) is 3.51. The van der Waals surface area contributed by atoms with Crippen LogP contribution >= 0.6 is 0 Å². The Kier molecular flexibility index (Phi) is 6.66. The summed E-state index contributed by atoms with van der Waals surface area (Å²) in [5.74, 6) is 1.28. The molecular formula is C28H27N3O4. The predicted molar refractivity (Wildman–Crippen MR) is 133 cm³/mol. The minimum atomic E-state index is -0.314. The minimum absolute atomic E-state index is 0.127. The molecule has 1 saturated heterocycles. The van der Waals surface area contributed by atoms with E-state index in [-0.39, 0.29) is 12.1 Å². The number of rotatable bonds is 9. The average Bonchev–Trinajstić information content (AvgIpc) is 3.36. The first-order chi connectivity index (χ1) is 17.2. The molecule has 178 valence electrons. The van der Waals surface area contributed by atoms with Gasteiger partial charge in [-0.05, 0) is 55.0 Å². The number of nitrogens with zero attached hydrogens (tertiary/aromatic N) is 3. The Morgan fingerprint density at radius 2 is 1.83 bits per heavy atom. The first-order valence-corrected chi connectivity index (χ1v) is 11.7. The van der Waals surface area contributed by atoms with Gasteiger partial charge < -0.3 is 23.7 Å². The number of para-hydroxylation sites is 1. The zero-order valence-electron chi connectivity index (χ0n) is 19.5. The van der Waals surface area contributed by atoms with E-state index in [1.807, 2.05) is 78.5 Å². The van der Waals surface area contributed by atoms with Gasteiger partial charge in [0.2, 0.25) is 0 Å². The Bertz CT molecular complexity index is 1260. The van der Waals surface area contributed by atoms with Crippen molar-refractivity contribution in [1.29, 1.82) is 0 Å². The van der Waals surface area contributed by atoms with Gasteiger partial charge in [-0.25, -0.2) is 4.79 Å². The number of hydrogen-bond acceptors (Lipinski definition) is 6. The molecule has 0 spiro atoms. The predicted octanol–water partition coefficient (Wildman–Crippen LogP) is 4.90. The molecule has 5 rings (SSSR count). The average molecular weight is 470 g/mol. The van der Waals surface area contributed by atoms with Crippen LogP contribution < -0.4 is 14.4 Å². The molecule has 0 bridgehead atoms. The molecule has 4 aromatic rings. The summed E-state index contributed by atoms with van der Waals surface area (Å²) in [5, 5.41) is 0. The van der Waals surface area contributed by atoms with Gasteiger partial charge in [-0.15, -0.1) is 0 Å². The molecule has 0 amide bonds. The number of aromatic nitrogens is 2. The number of benzene rings is 2. The highest BCUT2D eigenvalue weighted by Crippen LogP contribution is 2.27. The fourth-order valence-electron chi connectivity index (χ4n) is 3.98. The lowest BCUT2D eigenvalue weighted by atomic mass is 10.1. The second-order valence-electron chi connectivity index (χ2n) is 8.28. The van der Waals surface area contributed by atoms with Crippen molar-refractivity contribution in [3.8, 4) is 17.2 Å². The van der Waals surface area contributed by atoms with E-state index >= 15 is 0 Å². The van der Waals surface area contributed by atoms with Gasteiger partial charge in [-0.1, -0.05) is 24.3 Å². The van der Waals surface area contributed by atoms with E-state index < -0.39 is 0 Å². The van der Waals surface area contributed by atoms with E-state index in [0.717, 1.165) is 41.5 Å². The third-order valence-electron chi connectivity index (χ3n) is 5.83. The van der Waals surface area contributed by atoms with Gasteiger partial charge in [0.25, 0.3) is 0 Å². The summed E-state index contributed by atoms with van der Waals surface area (Å²) in [6, 6.07) is 21.3. The monoisotopic (exact) mass is 469 g/mol. The molecule has 0 atom stereocenters. The highest BCUT2D eigenvalue weighted by Gasteiger charge is 2.29. The lowest BCUT2D eigenvalue weighted by molar-refractivity contribution is 0.0526. The van der Waals surface area contributed by atoms with Crippen LogP contribution in [-0.4, -0.2) is 41.3 Å². The number of carbonyl (C=O) groups excluding carboxylic acids is 1. The van der Waals surface area contributed by atoms with Gasteiger partial charge in [0.15, 0.2) is 0 Å². The van der Waals surface area contributed by atoms with Crippen molar-refractivity contribution >= 4 is 11.7 Å². The lowest BCUT2D eigenvalue weighted by Gasteiger charge is -2.40. The zero-order valence-corrected chi connectivity index (χ0v) is 19.5. The van der Waals surface area contributed by atoms with Crippen LogP contribution in [0.3, 0.4) is 0 Å². The molecule has 2 aromatic heterocycles. The van der Waals surface area contributed by atoms with Crippen LogP contribution in [-0.2, 0) is 11.3 Å². The summed E-state index contributed by atoms with van der Waals surface area (Å²) in [7, 11) is 0. The van der Waals surface area contributed by atoms with Crippen LogP contribution in [0.4, 0.5) is 5.69 Å².